The highest BCUT2D eigenvalue weighted by molar-refractivity contribution is 9.10. The van der Waals surface area contributed by atoms with E-state index < -0.39 is 39.8 Å². The summed E-state index contributed by atoms with van der Waals surface area (Å²) in [4.78, 5) is 28.4. The molecule has 3 aromatic carbocycles. The average molecular weight is 582 g/mol. The van der Waals surface area contributed by atoms with Gasteiger partial charge >= 0.3 is 0 Å². The standard InChI is InChI=1S/C27H24BrN3O5S/c1-37(35,36)21-13-11-19(12-14-21)29-31-23(25(32)17-7-9-18(28)10-8-17)16-15-22-24(31)27(34)30(26(22)33)20-5-3-2-4-6-20/h2-16,22-25,29,32H,1H3/t22-,23-,24+,25-/m1/s1. The van der Waals surface area contributed by atoms with E-state index in [1.54, 1.807) is 71.8 Å². The molecule has 8 nitrogen and oxygen atoms in total. The van der Waals surface area contributed by atoms with Crippen LogP contribution in [0.2, 0.25) is 0 Å². The zero-order valence-electron chi connectivity index (χ0n) is 19.7. The SMILES string of the molecule is CS(=O)(=O)c1ccc(NN2[C@@H]([C@H](O)c3ccc(Br)cc3)C=C[C@H]3C(=O)N(c4ccccc4)C(=O)[C@H]32)cc1. The fraction of sp³-hybridized carbons (Fsp3) is 0.185. The Bertz CT molecular complexity index is 1460. The molecule has 4 atom stereocenters. The fourth-order valence-corrected chi connectivity index (χ4v) is 5.58. The van der Waals surface area contributed by atoms with E-state index in [2.05, 4.69) is 21.4 Å². The van der Waals surface area contributed by atoms with Crippen molar-refractivity contribution in [2.24, 2.45) is 5.92 Å². The highest BCUT2D eigenvalue weighted by atomic mass is 79.9. The van der Waals surface area contributed by atoms with Crippen LogP contribution in [0.4, 0.5) is 11.4 Å². The summed E-state index contributed by atoms with van der Waals surface area (Å²) in [6.45, 7) is 0. The molecule has 2 heterocycles. The lowest BCUT2D eigenvalue weighted by atomic mass is 9.90. The molecule has 190 valence electrons. The van der Waals surface area contributed by atoms with Crippen molar-refractivity contribution in [2.75, 3.05) is 16.6 Å². The Kier molecular flexibility index (Phi) is 6.76. The van der Waals surface area contributed by atoms with Crippen LogP contribution < -0.4 is 10.3 Å². The molecule has 10 heteroatoms. The van der Waals surface area contributed by atoms with Crippen LogP contribution in [0.15, 0.2) is 100 Å². The number of imide groups is 1. The first-order valence-corrected chi connectivity index (χ1v) is 14.2. The van der Waals surface area contributed by atoms with E-state index in [9.17, 15) is 23.1 Å². The van der Waals surface area contributed by atoms with E-state index in [0.717, 1.165) is 10.7 Å². The quantitative estimate of drug-likeness (QED) is 0.337. The molecule has 3 aromatic rings. The number of rotatable bonds is 6. The lowest BCUT2D eigenvalue weighted by molar-refractivity contribution is -0.123. The number of amides is 2. The average Bonchev–Trinajstić information content (AvgIpc) is 3.14. The second kappa shape index (κ2) is 9.86. The van der Waals surface area contributed by atoms with Gasteiger partial charge in [-0.15, -0.1) is 0 Å². The maximum Gasteiger partial charge on any atom is 0.254 e. The molecule has 2 amide bonds. The molecule has 37 heavy (non-hydrogen) atoms. The summed E-state index contributed by atoms with van der Waals surface area (Å²) in [5, 5.41) is 12.9. The van der Waals surface area contributed by atoms with E-state index in [0.29, 0.717) is 16.9 Å². The van der Waals surface area contributed by atoms with Crippen molar-refractivity contribution in [2.45, 2.75) is 23.1 Å². The Hall–Kier alpha value is -3.31. The molecule has 2 N–H and O–H groups in total. The summed E-state index contributed by atoms with van der Waals surface area (Å²) in [5.74, 6) is -1.53. The third-order valence-corrected chi connectivity index (χ3v) is 8.20. The molecule has 1 saturated heterocycles. The van der Waals surface area contributed by atoms with Crippen LogP contribution in [-0.4, -0.2) is 48.7 Å². The minimum Gasteiger partial charge on any atom is -0.386 e. The van der Waals surface area contributed by atoms with Gasteiger partial charge < -0.3 is 10.5 Å². The third kappa shape index (κ3) is 4.85. The molecular weight excluding hydrogens is 558 g/mol. The summed E-state index contributed by atoms with van der Waals surface area (Å²) in [6, 6.07) is 20.4. The number of para-hydroxylation sites is 1. The van der Waals surface area contributed by atoms with Gasteiger partial charge in [0.1, 0.15) is 6.04 Å². The molecule has 0 radical (unpaired) electrons. The predicted molar refractivity (Wildman–Crippen MR) is 143 cm³/mol. The van der Waals surface area contributed by atoms with Crippen molar-refractivity contribution >= 4 is 49.0 Å². The molecule has 0 aromatic heterocycles. The number of carbonyl (C=O) groups excluding carboxylic acids is 2. The maximum absolute atomic E-state index is 13.7. The number of aliphatic hydroxyl groups excluding tert-OH is 1. The van der Waals surface area contributed by atoms with Gasteiger partial charge in [0.05, 0.1) is 28.6 Å². The molecular formula is C27H24BrN3O5S. The first kappa shape index (κ1) is 25.3. The molecule has 5 rings (SSSR count). The Morgan fingerprint density at radius 3 is 2.16 bits per heavy atom. The van der Waals surface area contributed by atoms with Crippen LogP contribution >= 0.6 is 15.9 Å². The van der Waals surface area contributed by atoms with E-state index >= 15 is 0 Å². The Morgan fingerprint density at radius 2 is 1.54 bits per heavy atom. The minimum absolute atomic E-state index is 0.156. The molecule has 1 fully saturated rings. The van der Waals surface area contributed by atoms with Gasteiger partial charge in [0.15, 0.2) is 9.84 Å². The summed E-state index contributed by atoms with van der Waals surface area (Å²) < 4.78 is 24.6. The Balaban J connectivity index is 1.54. The number of hydrogen-bond donors (Lipinski definition) is 2. The normalized spacial score (nSPS) is 22.7. The highest BCUT2D eigenvalue weighted by Crippen LogP contribution is 2.38. The number of aliphatic hydroxyl groups is 1. The van der Waals surface area contributed by atoms with Crippen molar-refractivity contribution in [3.63, 3.8) is 0 Å². The Labute approximate surface area is 223 Å². The van der Waals surface area contributed by atoms with Crippen molar-refractivity contribution in [3.8, 4) is 0 Å². The largest absolute Gasteiger partial charge is 0.386 e. The zero-order valence-corrected chi connectivity index (χ0v) is 22.1. The van der Waals surface area contributed by atoms with E-state index in [1.165, 1.54) is 17.0 Å². The molecule has 0 saturated carbocycles. The minimum atomic E-state index is -3.39. The van der Waals surface area contributed by atoms with Crippen LogP contribution in [0.3, 0.4) is 0 Å². The van der Waals surface area contributed by atoms with E-state index in [4.69, 9.17) is 0 Å². The lowest BCUT2D eigenvalue weighted by Gasteiger charge is -2.40. The number of hydrogen-bond acceptors (Lipinski definition) is 7. The lowest BCUT2D eigenvalue weighted by Crippen LogP contribution is -2.55. The molecule has 0 aliphatic carbocycles. The van der Waals surface area contributed by atoms with Gasteiger partial charge in [-0.05, 0) is 54.1 Å². The molecule has 2 aliphatic rings. The monoisotopic (exact) mass is 581 g/mol. The van der Waals surface area contributed by atoms with Crippen molar-refractivity contribution < 1.29 is 23.1 Å². The molecule has 0 spiro atoms. The topological polar surface area (TPSA) is 107 Å². The van der Waals surface area contributed by atoms with Crippen LogP contribution in [0.1, 0.15) is 11.7 Å². The van der Waals surface area contributed by atoms with Crippen molar-refractivity contribution in [3.05, 3.63) is 101 Å². The first-order valence-electron chi connectivity index (χ1n) is 11.5. The second-order valence-corrected chi connectivity index (χ2v) is 11.9. The van der Waals surface area contributed by atoms with Crippen LogP contribution in [0, 0.1) is 5.92 Å². The summed E-state index contributed by atoms with van der Waals surface area (Å²) in [7, 11) is -3.39. The number of carbonyl (C=O) groups is 2. The third-order valence-electron chi connectivity index (χ3n) is 6.55. The Morgan fingerprint density at radius 1 is 0.892 bits per heavy atom. The van der Waals surface area contributed by atoms with Gasteiger partial charge in [0.2, 0.25) is 5.91 Å². The summed E-state index contributed by atoms with van der Waals surface area (Å²) >= 11 is 3.40. The highest BCUT2D eigenvalue weighted by Gasteiger charge is 2.54. The number of nitrogens with zero attached hydrogens (tertiary/aromatic N) is 2. The summed E-state index contributed by atoms with van der Waals surface area (Å²) in [6.07, 6.45) is 3.51. The van der Waals surface area contributed by atoms with Crippen LogP contribution in [-0.2, 0) is 19.4 Å². The number of nitrogens with one attached hydrogen (secondary N) is 1. The number of anilines is 2. The van der Waals surface area contributed by atoms with Gasteiger partial charge in [-0.1, -0.05) is 58.4 Å². The second-order valence-electron chi connectivity index (χ2n) is 9.01. The van der Waals surface area contributed by atoms with Gasteiger partial charge in [-0.25, -0.2) is 18.3 Å². The van der Waals surface area contributed by atoms with Gasteiger partial charge in [0, 0.05) is 16.4 Å². The smallest absolute Gasteiger partial charge is 0.254 e. The van der Waals surface area contributed by atoms with Crippen LogP contribution in [0.25, 0.3) is 0 Å². The fourth-order valence-electron chi connectivity index (χ4n) is 4.69. The number of benzene rings is 3. The van der Waals surface area contributed by atoms with Crippen LogP contribution in [0.5, 0.6) is 0 Å². The number of hydrazine groups is 1. The first-order chi connectivity index (χ1) is 17.6. The maximum atomic E-state index is 13.7. The number of fused-ring (bicyclic) bond motifs is 1. The van der Waals surface area contributed by atoms with E-state index in [1.807, 2.05) is 12.1 Å². The molecule has 2 aliphatic heterocycles. The zero-order chi connectivity index (χ0) is 26.3. The van der Waals surface area contributed by atoms with Gasteiger partial charge in [-0.2, -0.15) is 0 Å². The van der Waals surface area contributed by atoms with E-state index in [-0.39, 0.29) is 10.8 Å². The van der Waals surface area contributed by atoms with Gasteiger partial charge in [-0.3, -0.25) is 9.59 Å². The summed E-state index contributed by atoms with van der Waals surface area (Å²) in [5.41, 5.74) is 4.80. The van der Waals surface area contributed by atoms with Crippen molar-refractivity contribution in [1.29, 1.82) is 0 Å². The number of halogens is 1. The predicted octanol–water partition coefficient (Wildman–Crippen LogP) is 3.71. The molecule has 0 unspecified atom stereocenters. The number of sulfone groups is 1. The molecule has 0 bridgehead atoms. The van der Waals surface area contributed by atoms with Crippen molar-refractivity contribution in [1.82, 2.24) is 5.01 Å². The van der Waals surface area contributed by atoms with Gasteiger partial charge in [0.25, 0.3) is 5.91 Å².